The van der Waals surface area contributed by atoms with Crippen LogP contribution in [0, 0.1) is 5.92 Å². The number of aryl methyl sites for hydroxylation is 1. The number of carbonyl (C=O) groups is 1. The van der Waals surface area contributed by atoms with E-state index in [0.29, 0.717) is 30.4 Å². The van der Waals surface area contributed by atoms with Gasteiger partial charge in [-0.25, -0.2) is 0 Å². The molecule has 1 fully saturated rings. The van der Waals surface area contributed by atoms with E-state index >= 15 is 0 Å². The molecule has 1 aromatic carbocycles. The number of hydrogen-bond donors (Lipinski definition) is 2. The van der Waals surface area contributed by atoms with Crippen molar-refractivity contribution in [1.82, 2.24) is 15.0 Å². The minimum Gasteiger partial charge on any atom is -0.396 e. The SMILES string of the molecule is CCc1noc(CNc2cccc(C(=O)N3CCC[C@H](CO)C3)c2)n1. The molecule has 0 aliphatic carbocycles. The Kier molecular flexibility index (Phi) is 5.65. The van der Waals surface area contributed by atoms with Crippen LogP contribution < -0.4 is 5.32 Å². The molecule has 1 aromatic heterocycles. The fourth-order valence-electron chi connectivity index (χ4n) is 3.03. The first-order valence-corrected chi connectivity index (χ1v) is 8.75. The molecule has 0 radical (unpaired) electrons. The summed E-state index contributed by atoms with van der Waals surface area (Å²) in [4.78, 5) is 18.8. The zero-order chi connectivity index (χ0) is 17.6. The summed E-state index contributed by atoms with van der Waals surface area (Å²) in [5, 5.41) is 16.4. The first-order chi connectivity index (χ1) is 12.2. The van der Waals surface area contributed by atoms with Gasteiger partial charge in [0.25, 0.3) is 5.91 Å². The van der Waals surface area contributed by atoms with E-state index < -0.39 is 0 Å². The Bertz CT molecular complexity index is 716. The third-order valence-corrected chi connectivity index (χ3v) is 4.44. The highest BCUT2D eigenvalue weighted by Gasteiger charge is 2.24. The van der Waals surface area contributed by atoms with Crippen LogP contribution in [0.5, 0.6) is 0 Å². The van der Waals surface area contributed by atoms with E-state index in [1.165, 1.54) is 0 Å². The minimum atomic E-state index is 0.00728. The molecule has 2 aromatic rings. The fourth-order valence-corrected chi connectivity index (χ4v) is 3.03. The summed E-state index contributed by atoms with van der Waals surface area (Å²) < 4.78 is 5.15. The number of anilines is 1. The number of carbonyl (C=O) groups excluding carboxylic acids is 1. The Morgan fingerprint density at radius 1 is 1.48 bits per heavy atom. The Balaban J connectivity index is 1.63. The summed E-state index contributed by atoms with van der Waals surface area (Å²) in [6.07, 6.45) is 2.65. The average molecular weight is 344 g/mol. The summed E-state index contributed by atoms with van der Waals surface area (Å²) in [6, 6.07) is 7.41. The molecule has 0 saturated carbocycles. The van der Waals surface area contributed by atoms with Gasteiger partial charge in [0.1, 0.15) is 0 Å². The van der Waals surface area contributed by atoms with E-state index in [-0.39, 0.29) is 18.4 Å². The molecule has 2 N–H and O–H groups in total. The number of nitrogens with zero attached hydrogens (tertiary/aromatic N) is 3. The van der Waals surface area contributed by atoms with Gasteiger partial charge < -0.3 is 19.8 Å². The highest BCUT2D eigenvalue weighted by atomic mass is 16.5. The molecule has 134 valence electrons. The number of aliphatic hydroxyl groups excluding tert-OH is 1. The summed E-state index contributed by atoms with van der Waals surface area (Å²) >= 11 is 0. The number of likely N-dealkylation sites (tertiary alicyclic amines) is 1. The number of aromatic nitrogens is 2. The molecule has 7 nitrogen and oxygen atoms in total. The maximum atomic E-state index is 12.7. The van der Waals surface area contributed by atoms with Crippen LogP contribution in [0.1, 0.15) is 41.8 Å². The molecule has 7 heteroatoms. The quantitative estimate of drug-likeness (QED) is 0.834. The van der Waals surface area contributed by atoms with E-state index in [4.69, 9.17) is 4.52 Å². The lowest BCUT2D eigenvalue weighted by atomic mass is 9.98. The topological polar surface area (TPSA) is 91.5 Å². The number of aliphatic hydroxyl groups is 1. The van der Waals surface area contributed by atoms with Crippen molar-refractivity contribution in [2.24, 2.45) is 5.92 Å². The number of amides is 1. The second-order valence-electron chi connectivity index (χ2n) is 6.33. The zero-order valence-electron chi connectivity index (χ0n) is 14.4. The van der Waals surface area contributed by atoms with E-state index in [9.17, 15) is 9.90 Å². The lowest BCUT2D eigenvalue weighted by molar-refractivity contribution is 0.0621. The molecule has 2 heterocycles. The van der Waals surface area contributed by atoms with Gasteiger partial charge in [-0.3, -0.25) is 4.79 Å². The molecule has 1 aliphatic rings. The monoisotopic (exact) mass is 344 g/mol. The van der Waals surface area contributed by atoms with Crippen LogP contribution in [0.15, 0.2) is 28.8 Å². The average Bonchev–Trinajstić information content (AvgIpc) is 3.14. The molecule has 3 rings (SSSR count). The van der Waals surface area contributed by atoms with Gasteiger partial charge in [0.2, 0.25) is 5.89 Å². The van der Waals surface area contributed by atoms with Gasteiger partial charge in [0, 0.05) is 37.4 Å². The van der Waals surface area contributed by atoms with Gasteiger partial charge in [0.05, 0.1) is 6.54 Å². The third-order valence-electron chi connectivity index (χ3n) is 4.44. The number of rotatable bonds is 6. The molecule has 1 amide bonds. The van der Waals surface area contributed by atoms with Crippen LogP contribution >= 0.6 is 0 Å². The summed E-state index contributed by atoms with van der Waals surface area (Å²) in [5.41, 5.74) is 1.47. The van der Waals surface area contributed by atoms with Crippen LogP contribution in [0.2, 0.25) is 0 Å². The van der Waals surface area contributed by atoms with E-state index in [1.54, 1.807) is 0 Å². The van der Waals surface area contributed by atoms with Gasteiger partial charge in [-0.1, -0.05) is 18.1 Å². The van der Waals surface area contributed by atoms with Crippen molar-refractivity contribution < 1.29 is 14.4 Å². The molecule has 0 unspecified atom stereocenters. The van der Waals surface area contributed by atoms with Crippen molar-refractivity contribution in [3.8, 4) is 0 Å². The van der Waals surface area contributed by atoms with E-state index in [1.807, 2.05) is 36.1 Å². The molecule has 1 saturated heterocycles. The summed E-state index contributed by atoms with van der Waals surface area (Å²) in [5.74, 6) is 1.40. The number of benzene rings is 1. The van der Waals surface area contributed by atoms with Gasteiger partial charge in [-0.2, -0.15) is 4.98 Å². The Morgan fingerprint density at radius 3 is 3.12 bits per heavy atom. The minimum absolute atomic E-state index is 0.00728. The summed E-state index contributed by atoms with van der Waals surface area (Å²) in [7, 11) is 0. The molecular weight excluding hydrogens is 320 g/mol. The van der Waals surface area contributed by atoms with Crippen molar-refractivity contribution in [1.29, 1.82) is 0 Å². The highest BCUT2D eigenvalue weighted by molar-refractivity contribution is 5.95. The van der Waals surface area contributed by atoms with Crippen LogP contribution in [0.25, 0.3) is 0 Å². The lowest BCUT2D eigenvalue weighted by Crippen LogP contribution is -2.40. The predicted octanol–water partition coefficient (Wildman–Crippen LogP) is 2.09. The van der Waals surface area contributed by atoms with Crippen molar-refractivity contribution in [2.75, 3.05) is 25.0 Å². The molecule has 0 spiro atoms. The van der Waals surface area contributed by atoms with E-state index in [0.717, 1.165) is 31.5 Å². The Morgan fingerprint density at radius 2 is 2.36 bits per heavy atom. The first kappa shape index (κ1) is 17.4. The second-order valence-corrected chi connectivity index (χ2v) is 6.33. The molecule has 1 aliphatic heterocycles. The van der Waals surface area contributed by atoms with Crippen molar-refractivity contribution >= 4 is 11.6 Å². The van der Waals surface area contributed by atoms with E-state index in [2.05, 4.69) is 15.5 Å². The van der Waals surface area contributed by atoms with Crippen LogP contribution in [0.4, 0.5) is 5.69 Å². The normalized spacial score (nSPS) is 17.5. The van der Waals surface area contributed by atoms with Crippen LogP contribution in [-0.2, 0) is 13.0 Å². The van der Waals surface area contributed by atoms with Crippen molar-refractivity contribution in [3.05, 3.63) is 41.5 Å². The smallest absolute Gasteiger partial charge is 0.253 e. The van der Waals surface area contributed by atoms with Gasteiger partial charge in [-0.15, -0.1) is 0 Å². The molecule has 25 heavy (non-hydrogen) atoms. The number of hydrogen-bond acceptors (Lipinski definition) is 6. The van der Waals surface area contributed by atoms with Gasteiger partial charge in [0.15, 0.2) is 5.82 Å². The third kappa shape index (κ3) is 4.36. The maximum absolute atomic E-state index is 12.7. The predicted molar refractivity (Wildman–Crippen MR) is 93.2 cm³/mol. The Labute approximate surface area is 147 Å². The first-order valence-electron chi connectivity index (χ1n) is 8.75. The lowest BCUT2D eigenvalue weighted by Gasteiger charge is -2.32. The van der Waals surface area contributed by atoms with Gasteiger partial charge >= 0.3 is 0 Å². The zero-order valence-corrected chi connectivity index (χ0v) is 14.4. The second kappa shape index (κ2) is 8.11. The van der Waals surface area contributed by atoms with Crippen LogP contribution in [0.3, 0.4) is 0 Å². The highest BCUT2D eigenvalue weighted by Crippen LogP contribution is 2.20. The number of nitrogens with one attached hydrogen (secondary N) is 1. The maximum Gasteiger partial charge on any atom is 0.253 e. The summed E-state index contributed by atoms with van der Waals surface area (Å²) in [6.45, 7) is 3.89. The van der Waals surface area contributed by atoms with Crippen molar-refractivity contribution in [3.63, 3.8) is 0 Å². The van der Waals surface area contributed by atoms with Gasteiger partial charge in [-0.05, 0) is 37.0 Å². The van der Waals surface area contributed by atoms with Crippen LogP contribution in [-0.4, -0.2) is 45.8 Å². The van der Waals surface area contributed by atoms with Crippen molar-refractivity contribution in [2.45, 2.75) is 32.7 Å². The molecular formula is C18H24N4O3. The Hall–Kier alpha value is -2.41. The molecule has 0 bridgehead atoms. The standard InChI is InChI=1S/C18H24N4O3/c1-2-16-20-17(25-21-16)10-19-15-7-3-6-14(9-15)18(24)22-8-4-5-13(11-22)12-23/h3,6-7,9,13,19,23H,2,4-5,8,10-12H2,1H3/t13-/m0/s1. The fraction of sp³-hybridized carbons (Fsp3) is 0.500. The number of piperidine rings is 1. The largest absolute Gasteiger partial charge is 0.396 e. The molecule has 1 atom stereocenters.